The first-order valence-corrected chi connectivity index (χ1v) is 19.1. The minimum atomic E-state index is 0.236. The maximum absolute atomic E-state index is 7.17. The van der Waals surface area contributed by atoms with Crippen molar-refractivity contribution in [3.8, 4) is 44.8 Å². The zero-order valence-corrected chi connectivity index (χ0v) is 32.9. The van der Waals surface area contributed by atoms with Gasteiger partial charge in [0.15, 0.2) is 5.82 Å². The molecule has 1 aliphatic heterocycles. The molecule has 3 aromatic carbocycles. The summed E-state index contributed by atoms with van der Waals surface area (Å²) in [6, 6.07) is 31.4. The fourth-order valence-corrected chi connectivity index (χ4v) is 8.99. The molecule has 0 unspecified atom stereocenters. The lowest BCUT2D eigenvalue weighted by atomic mass is 9.92. The monoisotopic (exact) mass is 756 g/mol. The van der Waals surface area contributed by atoms with Crippen molar-refractivity contribution in [1.29, 1.82) is 0 Å². The Balaban J connectivity index is 1.46. The van der Waals surface area contributed by atoms with Gasteiger partial charge in [-0.1, -0.05) is 88.9 Å². The van der Waals surface area contributed by atoms with Crippen LogP contribution in [0.1, 0.15) is 44.8 Å². The number of aromatic nitrogens is 6. The molecule has 9 rings (SSSR count). The number of benzene rings is 3. The molecule has 0 atom stereocenters. The van der Waals surface area contributed by atoms with Crippen molar-refractivity contribution in [3.05, 3.63) is 146 Å². The van der Waals surface area contributed by atoms with Crippen LogP contribution in [0.3, 0.4) is 0 Å². The van der Waals surface area contributed by atoms with E-state index in [2.05, 4.69) is 123 Å². The van der Waals surface area contributed by atoms with Crippen LogP contribution in [0.4, 0.5) is 0 Å². The van der Waals surface area contributed by atoms with Crippen LogP contribution in [0.5, 0.6) is 0 Å². The first-order valence-electron chi connectivity index (χ1n) is 18.3. The molecule has 0 amide bonds. The van der Waals surface area contributed by atoms with Gasteiger partial charge >= 0.3 is 0 Å². The number of halogens is 2. The molecule has 0 radical (unpaired) electrons. The zero-order chi connectivity index (χ0) is 38.1. The average molecular weight is 758 g/mol. The Bertz CT molecular complexity index is 2950. The molecule has 6 nitrogen and oxygen atoms in total. The molecule has 5 aromatic heterocycles. The van der Waals surface area contributed by atoms with Gasteiger partial charge in [-0.2, -0.15) is 0 Å². The second-order valence-corrected chi connectivity index (χ2v) is 15.3. The van der Waals surface area contributed by atoms with E-state index in [0.717, 1.165) is 66.6 Å². The van der Waals surface area contributed by atoms with Gasteiger partial charge in [0.2, 0.25) is 0 Å². The summed E-state index contributed by atoms with van der Waals surface area (Å²) < 4.78 is 0. The van der Waals surface area contributed by atoms with Gasteiger partial charge in [-0.25, -0.2) is 15.0 Å². The molecular weight excluding hydrogens is 719 g/mol. The van der Waals surface area contributed by atoms with Gasteiger partial charge < -0.3 is 15.0 Å². The summed E-state index contributed by atoms with van der Waals surface area (Å²) >= 11 is 14.3. The second-order valence-electron chi connectivity index (χ2n) is 14.6. The van der Waals surface area contributed by atoms with E-state index in [4.69, 9.17) is 38.2 Å². The molecule has 55 heavy (non-hydrogen) atoms. The highest BCUT2D eigenvalue weighted by Gasteiger charge is 2.23. The van der Waals surface area contributed by atoms with Crippen molar-refractivity contribution in [3.63, 3.8) is 0 Å². The first-order chi connectivity index (χ1) is 26.5. The van der Waals surface area contributed by atoms with Crippen LogP contribution in [0.2, 0.25) is 10.3 Å². The predicted octanol–water partition coefficient (Wildman–Crippen LogP) is 13.3. The normalized spacial score (nSPS) is 11.9. The summed E-state index contributed by atoms with van der Waals surface area (Å²) in [5, 5.41) is 0.471. The molecule has 8 bridgehead atoms. The molecule has 0 aliphatic carbocycles. The number of aryl methyl sites for hydroxylation is 6. The second kappa shape index (κ2) is 13.4. The van der Waals surface area contributed by atoms with Crippen molar-refractivity contribution < 1.29 is 0 Å². The number of aromatic amines is 3. The topological polar surface area (TPSA) is 86.0 Å². The number of H-pyrrole nitrogens is 3. The fraction of sp³-hybridized carbons (Fsp3) is 0.128. The first kappa shape index (κ1) is 34.8. The van der Waals surface area contributed by atoms with Crippen molar-refractivity contribution >= 4 is 68.5 Å². The van der Waals surface area contributed by atoms with Gasteiger partial charge in [-0.05, 0) is 123 Å². The van der Waals surface area contributed by atoms with Gasteiger partial charge in [0.1, 0.15) is 10.3 Å². The van der Waals surface area contributed by atoms with Crippen molar-refractivity contribution in [2.45, 2.75) is 41.5 Å². The van der Waals surface area contributed by atoms with Crippen LogP contribution < -0.4 is 0 Å². The van der Waals surface area contributed by atoms with E-state index in [9.17, 15) is 0 Å². The van der Waals surface area contributed by atoms with Gasteiger partial charge in [-0.15, -0.1) is 0 Å². The minimum absolute atomic E-state index is 0.236. The lowest BCUT2D eigenvalue weighted by Crippen LogP contribution is -1.97. The number of hydrogen-bond acceptors (Lipinski definition) is 3. The highest BCUT2D eigenvalue weighted by Crippen LogP contribution is 2.42. The summed E-state index contributed by atoms with van der Waals surface area (Å²) in [4.78, 5) is 26.3. The number of nitrogens with one attached hydrogen (secondary N) is 3. The maximum Gasteiger partial charge on any atom is 0.162 e. The number of fused-ring (bicyclic) bond motifs is 9. The summed E-state index contributed by atoms with van der Waals surface area (Å²) in [5.41, 5.74) is 20.7. The Kier molecular flexibility index (Phi) is 8.49. The Morgan fingerprint density at radius 1 is 0.400 bits per heavy atom. The molecule has 0 fully saturated rings. The van der Waals surface area contributed by atoms with Crippen molar-refractivity contribution in [2.75, 3.05) is 0 Å². The Hall–Kier alpha value is -5.95. The van der Waals surface area contributed by atoms with Gasteiger partial charge in [0.05, 0.1) is 28.0 Å². The molecule has 1 aliphatic rings. The fourth-order valence-electron chi connectivity index (χ4n) is 8.42. The van der Waals surface area contributed by atoms with Crippen LogP contribution in [0.25, 0.3) is 90.0 Å². The highest BCUT2D eigenvalue weighted by molar-refractivity contribution is 6.38. The van der Waals surface area contributed by atoms with E-state index in [1.807, 2.05) is 36.4 Å². The van der Waals surface area contributed by atoms with E-state index in [-0.39, 0.29) is 10.3 Å². The van der Waals surface area contributed by atoms with Crippen LogP contribution >= 0.6 is 23.2 Å². The summed E-state index contributed by atoms with van der Waals surface area (Å²) in [6.45, 7) is 12.9. The SMILES string of the molecule is Cc1cc(C)c(-c2c3nc(c(-c4c(Cl)nc(-c5ccccc5)nc4Cl)c4ccc([nH]4)c(-c4c(C)cc(C)cc4C)c4ccc([nH]4)c4ccc2[nH]4)C=C3)c(C)c1. The van der Waals surface area contributed by atoms with Crippen LogP contribution in [0, 0.1) is 41.5 Å². The maximum atomic E-state index is 7.17. The molecule has 0 spiro atoms. The third kappa shape index (κ3) is 6.02. The Labute approximate surface area is 329 Å². The molecule has 270 valence electrons. The van der Waals surface area contributed by atoms with Gasteiger partial charge in [0.25, 0.3) is 0 Å². The lowest BCUT2D eigenvalue weighted by molar-refractivity contribution is 1.18. The lowest BCUT2D eigenvalue weighted by Gasteiger charge is -2.13. The van der Waals surface area contributed by atoms with E-state index in [0.29, 0.717) is 22.6 Å². The molecular formula is C47H38Cl2N6. The van der Waals surface area contributed by atoms with Crippen LogP contribution in [-0.4, -0.2) is 29.9 Å². The van der Waals surface area contributed by atoms with Crippen molar-refractivity contribution in [1.82, 2.24) is 29.9 Å². The summed E-state index contributed by atoms with van der Waals surface area (Å²) in [7, 11) is 0. The zero-order valence-electron chi connectivity index (χ0n) is 31.4. The van der Waals surface area contributed by atoms with Gasteiger partial charge in [-0.3, -0.25) is 0 Å². The number of hydrogen-bond donors (Lipinski definition) is 3. The van der Waals surface area contributed by atoms with E-state index in [1.165, 1.54) is 33.4 Å². The molecule has 0 saturated carbocycles. The molecule has 8 aromatic rings. The molecule has 8 heteroatoms. The van der Waals surface area contributed by atoms with E-state index in [1.54, 1.807) is 0 Å². The largest absolute Gasteiger partial charge is 0.354 e. The number of rotatable bonds is 4. The average Bonchev–Trinajstić information content (AvgIpc) is 3.97. The van der Waals surface area contributed by atoms with E-state index >= 15 is 0 Å². The molecule has 3 N–H and O–H groups in total. The van der Waals surface area contributed by atoms with Crippen LogP contribution in [-0.2, 0) is 0 Å². The van der Waals surface area contributed by atoms with Gasteiger partial charge in [0, 0.05) is 44.3 Å². The predicted molar refractivity (Wildman–Crippen MR) is 231 cm³/mol. The quantitative estimate of drug-likeness (QED) is 0.156. The molecule has 0 saturated heterocycles. The Morgan fingerprint density at radius 3 is 1.25 bits per heavy atom. The minimum Gasteiger partial charge on any atom is -0.354 e. The molecule has 6 heterocycles. The third-order valence-electron chi connectivity index (χ3n) is 10.5. The van der Waals surface area contributed by atoms with Crippen LogP contribution in [0.15, 0.2) is 91.0 Å². The highest BCUT2D eigenvalue weighted by atomic mass is 35.5. The third-order valence-corrected chi connectivity index (χ3v) is 11.1. The smallest absolute Gasteiger partial charge is 0.162 e. The summed E-state index contributed by atoms with van der Waals surface area (Å²) in [6.07, 6.45) is 4.11. The van der Waals surface area contributed by atoms with Crippen molar-refractivity contribution in [2.24, 2.45) is 0 Å². The summed E-state index contributed by atoms with van der Waals surface area (Å²) in [5.74, 6) is 0.451. The standard InChI is InChI=1S/C47H38Cl2N6/c1-24-20-26(3)39(27(4)21-24)41-33-14-12-31(50-33)32-13-15-34(51-32)42(40-28(5)22-25(2)23-29(40)6)36-17-19-38(53-36)43(37-18-16-35(41)52-37)44-45(48)54-47(55-46(44)49)30-10-8-7-9-11-30/h7-23,50-52H,1-6H3. The number of nitrogens with zero attached hydrogens (tertiary/aromatic N) is 3. The Morgan fingerprint density at radius 2 is 0.782 bits per heavy atom. The van der Waals surface area contributed by atoms with E-state index < -0.39 is 0 Å².